The Balaban J connectivity index is 2.14. The summed E-state index contributed by atoms with van der Waals surface area (Å²) in [7, 11) is 1.49. The standard InChI is InChI=1S/C15H19F3N2O2/c1-22-12-4-2-3-10(7-12)8-14(21)20-9-11(19)5-6-13(20)15(16,17)18/h2-4,7,11,13H,5-6,8-9,19H2,1H3/t11-,13-/m1/s1. The molecule has 0 spiro atoms. The van der Waals surface area contributed by atoms with Crippen LogP contribution in [0, 0.1) is 0 Å². The van der Waals surface area contributed by atoms with Gasteiger partial charge >= 0.3 is 6.18 Å². The van der Waals surface area contributed by atoms with E-state index >= 15 is 0 Å². The lowest BCUT2D eigenvalue weighted by Gasteiger charge is -2.39. The number of hydrogen-bond donors (Lipinski definition) is 1. The zero-order valence-corrected chi connectivity index (χ0v) is 12.3. The summed E-state index contributed by atoms with van der Waals surface area (Å²) >= 11 is 0. The van der Waals surface area contributed by atoms with Gasteiger partial charge in [-0.25, -0.2) is 0 Å². The van der Waals surface area contributed by atoms with E-state index in [1.807, 2.05) is 0 Å². The molecule has 0 aliphatic carbocycles. The number of methoxy groups -OCH3 is 1. The van der Waals surface area contributed by atoms with Gasteiger partial charge in [0.2, 0.25) is 5.91 Å². The molecule has 1 fully saturated rings. The van der Waals surface area contributed by atoms with Crippen molar-refractivity contribution in [3.63, 3.8) is 0 Å². The lowest BCUT2D eigenvalue weighted by Crippen LogP contribution is -2.57. The molecule has 2 N–H and O–H groups in total. The fraction of sp³-hybridized carbons (Fsp3) is 0.533. The van der Waals surface area contributed by atoms with Gasteiger partial charge in [-0.15, -0.1) is 0 Å². The largest absolute Gasteiger partial charge is 0.497 e. The van der Waals surface area contributed by atoms with Crippen molar-refractivity contribution < 1.29 is 22.7 Å². The summed E-state index contributed by atoms with van der Waals surface area (Å²) in [6, 6.07) is 4.59. The molecule has 1 aromatic carbocycles. The highest BCUT2D eigenvalue weighted by molar-refractivity contribution is 5.79. The van der Waals surface area contributed by atoms with Crippen LogP contribution in [-0.4, -0.2) is 42.7 Å². The quantitative estimate of drug-likeness (QED) is 0.929. The Morgan fingerprint density at radius 1 is 1.41 bits per heavy atom. The Labute approximate surface area is 127 Å². The Hall–Kier alpha value is -1.76. The molecule has 1 aliphatic heterocycles. The molecule has 0 saturated carbocycles. The van der Waals surface area contributed by atoms with E-state index in [4.69, 9.17) is 10.5 Å². The summed E-state index contributed by atoms with van der Waals surface area (Å²) in [6.45, 7) is -0.0625. The summed E-state index contributed by atoms with van der Waals surface area (Å²) < 4.78 is 44.3. The number of carbonyl (C=O) groups excluding carboxylic acids is 1. The molecule has 1 heterocycles. The Bertz CT molecular complexity index is 534. The number of piperidine rings is 1. The highest BCUT2D eigenvalue weighted by Gasteiger charge is 2.47. The summed E-state index contributed by atoms with van der Waals surface area (Å²) in [6.07, 6.45) is -4.40. The van der Waals surface area contributed by atoms with Crippen LogP contribution in [0.4, 0.5) is 13.2 Å². The lowest BCUT2D eigenvalue weighted by atomic mass is 9.97. The van der Waals surface area contributed by atoms with Crippen LogP contribution in [-0.2, 0) is 11.2 Å². The van der Waals surface area contributed by atoms with E-state index in [9.17, 15) is 18.0 Å². The number of ether oxygens (including phenoxy) is 1. The third-order valence-corrected chi connectivity index (χ3v) is 3.81. The number of alkyl halides is 3. The number of carbonyl (C=O) groups is 1. The Morgan fingerprint density at radius 3 is 2.77 bits per heavy atom. The molecule has 1 amide bonds. The Kier molecular flexibility index (Phi) is 4.95. The highest BCUT2D eigenvalue weighted by Crippen LogP contribution is 2.32. The number of nitrogens with zero attached hydrogens (tertiary/aromatic N) is 1. The molecule has 122 valence electrons. The number of halogens is 3. The van der Waals surface area contributed by atoms with Gasteiger partial charge in [-0.3, -0.25) is 4.79 Å². The van der Waals surface area contributed by atoms with E-state index in [0.29, 0.717) is 11.3 Å². The number of likely N-dealkylation sites (tertiary alicyclic amines) is 1. The second-order valence-corrected chi connectivity index (χ2v) is 5.47. The average Bonchev–Trinajstić information content (AvgIpc) is 2.46. The molecule has 1 saturated heterocycles. The van der Waals surface area contributed by atoms with E-state index in [1.54, 1.807) is 24.3 Å². The molecule has 2 atom stereocenters. The average molecular weight is 316 g/mol. The molecule has 1 aromatic rings. The monoisotopic (exact) mass is 316 g/mol. The van der Waals surface area contributed by atoms with Gasteiger partial charge < -0.3 is 15.4 Å². The van der Waals surface area contributed by atoms with Crippen LogP contribution in [0.3, 0.4) is 0 Å². The predicted octanol–water partition coefficient (Wildman–Crippen LogP) is 2.12. The number of nitrogens with two attached hydrogens (primary N) is 1. The summed E-state index contributed by atoms with van der Waals surface area (Å²) in [5, 5.41) is 0. The van der Waals surface area contributed by atoms with Crippen LogP contribution in [0.15, 0.2) is 24.3 Å². The highest BCUT2D eigenvalue weighted by atomic mass is 19.4. The molecule has 0 aromatic heterocycles. The third-order valence-electron chi connectivity index (χ3n) is 3.81. The maximum absolute atomic E-state index is 13.1. The van der Waals surface area contributed by atoms with Crippen molar-refractivity contribution in [1.82, 2.24) is 4.90 Å². The SMILES string of the molecule is COc1cccc(CC(=O)N2C[C@H](N)CC[C@@H]2C(F)(F)F)c1. The molecular formula is C15H19F3N2O2. The van der Waals surface area contributed by atoms with Crippen molar-refractivity contribution in [2.75, 3.05) is 13.7 Å². The van der Waals surface area contributed by atoms with Crippen LogP contribution >= 0.6 is 0 Å². The van der Waals surface area contributed by atoms with Crippen molar-refractivity contribution in [2.45, 2.75) is 37.5 Å². The van der Waals surface area contributed by atoms with Gasteiger partial charge in [-0.2, -0.15) is 13.2 Å². The fourth-order valence-corrected chi connectivity index (χ4v) is 2.67. The molecule has 2 rings (SSSR count). The summed E-state index contributed by atoms with van der Waals surface area (Å²) in [5.41, 5.74) is 6.34. The molecule has 22 heavy (non-hydrogen) atoms. The van der Waals surface area contributed by atoms with Crippen LogP contribution in [0.5, 0.6) is 5.75 Å². The van der Waals surface area contributed by atoms with Crippen molar-refractivity contribution >= 4 is 5.91 Å². The molecule has 0 unspecified atom stereocenters. The first kappa shape index (κ1) is 16.6. The fourth-order valence-electron chi connectivity index (χ4n) is 2.67. The number of rotatable bonds is 3. The molecule has 0 radical (unpaired) electrons. The van der Waals surface area contributed by atoms with Crippen molar-refractivity contribution in [1.29, 1.82) is 0 Å². The summed E-state index contributed by atoms with van der Waals surface area (Å²) in [4.78, 5) is 13.2. The topological polar surface area (TPSA) is 55.6 Å². The maximum Gasteiger partial charge on any atom is 0.408 e. The number of amides is 1. The first-order valence-electron chi connectivity index (χ1n) is 7.06. The van der Waals surface area contributed by atoms with Gasteiger partial charge in [-0.1, -0.05) is 12.1 Å². The number of benzene rings is 1. The summed E-state index contributed by atoms with van der Waals surface area (Å²) in [5.74, 6) is -0.00116. The number of hydrogen-bond acceptors (Lipinski definition) is 3. The molecular weight excluding hydrogens is 297 g/mol. The van der Waals surface area contributed by atoms with Gasteiger partial charge in [-0.05, 0) is 30.5 Å². The van der Waals surface area contributed by atoms with Crippen LogP contribution in [0.1, 0.15) is 18.4 Å². The minimum absolute atomic E-state index is 0.0625. The van der Waals surface area contributed by atoms with Crippen LogP contribution < -0.4 is 10.5 Å². The molecule has 1 aliphatic rings. The van der Waals surface area contributed by atoms with Crippen LogP contribution in [0.2, 0.25) is 0 Å². The molecule has 7 heteroatoms. The van der Waals surface area contributed by atoms with Gasteiger partial charge in [0, 0.05) is 12.6 Å². The lowest BCUT2D eigenvalue weighted by molar-refractivity contribution is -0.196. The van der Waals surface area contributed by atoms with Gasteiger partial charge in [0.15, 0.2) is 0 Å². The Morgan fingerprint density at radius 2 is 2.14 bits per heavy atom. The van der Waals surface area contributed by atoms with Crippen molar-refractivity contribution in [3.8, 4) is 5.75 Å². The van der Waals surface area contributed by atoms with Gasteiger partial charge in [0.1, 0.15) is 11.8 Å². The zero-order valence-electron chi connectivity index (χ0n) is 12.3. The van der Waals surface area contributed by atoms with E-state index in [1.165, 1.54) is 7.11 Å². The minimum atomic E-state index is -4.43. The first-order valence-corrected chi connectivity index (χ1v) is 7.06. The zero-order chi connectivity index (χ0) is 16.3. The second kappa shape index (κ2) is 6.56. The normalized spacial score (nSPS) is 22.5. The van der Waals surface area contributed by atoms with E-state index in [-0.39, 0.29) is 25.8 Å². The van der Waals surface area contributed by atoms with Crippen molar-refractivity contribution in [2.24, 2.45) is 5.73 Å². The van der Waals surface area contributed by atoms with Crippen LogP contribution in [0.25, 0.3) is 0 Å². The third kappa shape index (κ3) is 3.91. The predicted molar refractivity (Wildman–Crippen MR) is 75.5 cm³/mol. The van der Waals surface area contributed by atoms with E-state index in [2.05, 4.69) is 0 Å². The second-order valence-electron chi connectivity index (χ2n) is 5.47. The van der Waals surface area contributed by atoms with Gasteiger partial charge in [0.05, 0.1) is 13.5 Å². The molecule has 4 nitrogen and oxygen atoms in total. The first-order chi connectivity index (χ1) is 10.3. The van der Waals surface area contributed by atoms with E-state index < -0.39 is 24.2 Å². The van der Waals surface area contributed by atoms with E-state index in [0.717, 1.165) is 4.90 Å². The van der Waals surface area contributed by atoms with Gasteiger partial charge in [0.25, 0.3) is 0 Å². The minimum Gasteiger partial charge on any atom is -0.497 e. The van der Waals surface area contributed by atoms with Crippen molar-refractivity contribution in [3.05, 3.63) is 29.8 Å². The maximum atomic E-state index is 13.1. The smallest absolute Gasteiger partial charge is 0.408 e. The molecule has 0 bridgehead atoms.